The predicted octanol–water partition coefficient (Wildman–Crippen LogP) is 2.93. The molecule has 0 fully saturated rings. The first-order valence-corrected chi connectivity index (χ1v) is 7.79. The summed E-state index contributed by atoms with van der Waals surface area (Å²) in [7, 11) is 0. The van der Waals surface area contributed by atoms with E-state index in [0.29, 0.717) is 24.3 Å². The number of rotatable bonds is 6. The standard InChI is InChI=1S/C17H23FN4O2/c1-12(23)8-17(2,3)11-19-16(24)21-13-9-20-22(10-13)15-7-5-4-6-14(15)18/h4-7,9-10,12,23H,8,11H2,1-3H3,(H2,19,21,24). The molecule has 2 amide bonds. The summed E-state index contributed by atoms with van der Waals surface area (Å²) in [6.07, 6.45) is 3.15. The normalized spacial score (nSPS) is 12.7. The van der Waals surface area contributed by atoms with Crippen molar-refractivity contribution in [1.82, 2.24) is 15.1 Å². The van der Waals surface area contributed by atoms with Gasteiger partial charge in [0, 0.05) is 6.54 Å². The lowest BCUT2D eigenvalue weighted by Gasteiger charge is -2.26. The van der Waals surface area contributed by atoms with Crippen LogP contribution in [0.5, 0.6) is 0 Å². The Balaban J connectivity index is 1.93. The molecule has 1 heterocycles. The van der Waals surface area contributed by atoms with Crippen molar-refractivity contribution in [1.29, 1.82) is 0 Å². The van der Waals surface area contributed by atoms with Crippen molar-refractivity contribution in [3.63, 3.8) is 0 Å². The van der Waals surface area contributed by atoms with Gasteiger partial charge in [-0.25, -0.2) is 13.9 Å². The number of para-hydroxylation sites is 1. The molecule has 0 aliphatic carbocycles. The molecule has 0 saturated heterocycles. The zero-order valence-electron chi connectivity index (χ0n) is 14.1. The van der Waals surface area contributed by atoms with Crippen LogP contribution in [0.1, 0.15) is 27.2 Å². The largest absolute Gasteiger partial charge is 0.393 e. The molecule has 1 atom stereocenters. The second kappa shape index (κ2) is 7.44. The first-order chi connectivity index (χ1) is 11.3. The third-order valence-electron chi connectivity index (χ3n) is 3.52. The van der Waals surface area contributed by atoms with Crippen LogP contribution in [0.15, 0.2) is 36.7 Å². The third kappa shape index (κ3) is 5.06. The lowest BCUT2D eigenvalue weighted by molar-refractivity contribution is 0.129. The molecule has 3 N–H and O–H groups in total. The predicted molar refractivity (Wildman–Crippen MR) is 90.6 cm³/mol. The van der Waals surface area contributed by atoms with Gasteiger partial charge in [0.15, 0.2) is 0 Å². The maximum atomic E-state index is 13.7. The van der Waals surface area contributed by atoms with Crippen LogP contribution in [0, 0.1) is 11.2 Å². The van der Waals surface area contributed by atoms with E-state index in [-0.39, 0.29) is 11.4 Å². The second-order valence-electron chi connectivity index (χ2n) is 6.65. The number of urea groups is 1. The molecule has 2 aromatic rings. The van der Waals surface area contributed by atoms with Gasteiger partial charge in [-0.15, -0.1) is 0 Å². The summed E-state index contributed by atoms with van der Waals surface area (Å²) >= 11 is 0. The number of carbonyl (C=O) groups excluding carboxylic acids is 1. The highest BCUT2D eigenvalue weighted by Gasteiger charge is 2.21. The zero-order chi connectivity index (χ0) is 17.7. The highest BCUT2D eigenvalue weighted by molar-refractivity contribution is 5.88. The molecule has 0 saturated carbocycles. The lowest BCUT2D eigenvalue weighted by atomic mass is 9.87. The van der Waals surface area contributed by atoms with Crippen molar-refractivity contribution in [2.45, 2.75) is 33.3 Å². The van der Waals surface area contributed by atoms with E-state index in [9.17, 15) is 14.3 Å². The number of aromatic nitrogens is 2. The maximum absolute atomic E-state index is 13.7. The molecule has 0 aliphatic heterocycles. The highest BCUT2D eigenvalue weighted by atomic mass is 19.1. The molecule has 7 heteroatoms. The minimum atomic E-state index is -0.427. The Hall–Kier alpha value is -2.41. The number of hydrogen-bond acceptors (Lipinski definition) is 3. The second-order valence-corrected chi connectivity index (χ2v) is 6.65. The molecule has 2 rings (SSSR count). The number of nitrogens with zero attached hydrogens (tertiary/aromatic N) is 2. The van der Waals surface area contributed by atoms with Crippen molar-refractivity contribution in [3.05, 3.63) is 42.5 Å². The number of halogens is 1. The summed E-state index contributed by atoms with van der Waals surface area (Å²) in [4.78, 5) is 12.0. The average Bonchev–Trinajstić information content (AvgIpc) is 2.93. The van der Waals surface area contributed by atoms with Gasteiger partial charge >= 0.3 is 6.03 Å². The van der Waals surface area contributed by atoms with Gasteiger partial charge in [-0.05, 0) is 30.9 Å². The van der Waals surface area contributed by atoms with Crippen molar-refractivity contribution >= 4 is 11.7 Å². The molecule has 24 heavy (non-hydrogen) atoms. The maximum Gasteiger partial charge on any atom is 0.319 e. The van der Waals surface area contributed by atoms with E-state index < -0.39 is 11.9 Å². The Bertz CT molecular complexity index is 697. The van der Waals surface area contributed by atoms with Crippen molar-refractivity contribution < 1.29 is 14.3 Å². The summed E-state index contributed by atoms with van der Waals surface area (Å²) in [5, 5.41) is 18.9. The molecule has 6 nitrogen and oxygen atoms in total. The van der Waals surface area contributed by atoms with E-state index in [1.54, 1.807) is 31.3 Å². The summed E-state index contributed by atoms with van der Waals surface area (Å²) in [6.45, 7) is 6.08. The van der Waals surface area contributed by atoms with Gasteiger partial charge in [0.05, 0.1) is 24.2 Å². The summed E-state index contributed by atoms with van der Waals surface area (Å²) in [5.74, 6) is -0.392. The Kier molecular flexibility index (Phi) is 5.56. The summed E-state index contributed by atoms with van der Waals surface area (Å²) in [6, 6.07) is 5.89. The van der Waals surface area contributed by atoms with Gasteiger partial charge in [-0.1, -0.05) is 26.0 Å². The molecular formula is C17H23FN4O2. The molecule has 130 valence electrons. The fourth-order valence-electron chi connectivity index (χ4n) is 2.52. The van der Waals surface area contributed by atoms with E-state index in [0.717, 1.165) is 0 Å². The van der Waals surface area contributed by atoms with Crippen molar-refractivity contribution in [3.8, 4) is 5.69 Å². The van der Waals surface area contributed by atoms with Crippen LogP contribution in [0.3, 0.4) is 0 Å². The van der Waals surface area contributed by atoms with E-state index in [1.165, 1.54) is 16.9 Å². The molecule has 1 aromatic carbocycles. The molecule has 0 radical (unpaired) electrons. The highest BCUT2D eigenvalue weighted by Crippen LogP contribution is 2.21. The zero-order valence-corrected chi connectivity index (χ0v) is 14.1. The number of benzene rings is 1. The van der Waals surface area contributed by atoms with E-state index in [1.807, 2.05) is 13.8 Å². The molecule has 1 aromatic heterocycles. The van der Waals surface area contributed by atoms with Gasteiger partial charge in [0.2, 0.25) is 0 Å². The summed E-state index contributed by atoms with van der Waals surface area (Å²) in [5.41, 5.74) is 0.552. The number of nitrogens with one attached hydrogen (secondary N) is 2. The summed E-state index contributed by atoms with van der Waals surface area (Å²) < 4.78 is 15.1. The van der Waals surface area contributed by atoms with E-state index in [2.05, 4.69) is 15.7 Å². The van der Waals surface area contributed by atoms with Gasteiger partial charge in [-0.3, -0.25) is 0 Å². The van der Waals surface area contributed by atoms with Crippen LogP contribution in [-0.4, -0.2) is 33.6 Å². The smallest absolute Gasteiger partial charge is 0.319 e. The van der Waals surface area contributed by atoms with Crippen LogP contribution < -0.4 is 10.6 Å². The van der Waals surface area contributed by atoms with Crippen molar-refractivity contribution in [2.24, 2.45) is 5.41 Å². The SMILES string of the molecule is CC(O)CC(C)(C)CNC(=O)Nc1cnn(-c2ccccc2F)c1. The van der Waals surface area contributed by atoms with Gasteiger partial charge in [0.1, 0.15) is 11.5 Å². The molecule has 0 spiro atoms. The third-order valence-corrected chi connectivity index (χ3v) is 3.52. The van der Waals surface area contributed by atoms with Crippen LogP contribution in [0.4, 0.5) is 14.9 Å². The monoisotopic (exact) mass is 334 g/mol. The number of anilines is 1. The first-order valence-electron chi connectivity index (χ1n) is 7.79. The fraction of sp³-hybridized carbons (Fsp3) is 0.412. The van der Waals surface area contributed by atoms with Crippen LogP contribution in [-0.2, 0) is 0 Å². The average molecular weight is 334 g/mol. The van der Waals surface area contributed by atoms with E-state index >= 15 is 0 Å². The molecular weight excluding hydrogens is 311 g/mol. The number of amides is 2. The first kappa shape index (κ1) is 17.9. The number of carbonyl (C=O) groups is 1. The Labute approximate surface area is 140 Å². The van der Waals surface area contributed by atoms with Crippen molar-refractivity contribution in [2.75, 3.05) is 11.9 Å². The van der Waals surface area contributed by atoms with Gasteiger partial charge < -0.3 is 15.7 Å². The topological polar surface area (TPSA) is 79.2 Å². The molecule has 1 unspecified atom stereocenters. The number of aliphatic hydroxyl groups is 1. The van der Waals surface area contributed by atoms with E-state index in [4.69, 9.17) is 0 Å². The quantitative estimate of drug-likeness (QED) is 0.760. The molecule has 0 aliphatic rings. The van der Waals surface area contributed by atoms with Crippen LogP contribution in [0.2, 0.25) is 0 Å². The fourth-order valence-corrected chi connectivity index (χ4v) is 2.52. The van der Waals surface area contributed by atoms with Crippen LogP contribution in [0.25, 0.3) is 5.69 Å². The molecule has 0 bridgehead atoms. The Morgan fingerprint density at radius 2 is 2.12 bits per heavy atom. The van der Waals surface area contributed by atoms with Gasteiger partial charge in [0.25, 0.3) is 0 Å². The number of hydrogen-bond donors (Lipinski definition) is 3. The lowest BCUT2D eigenvalue weighted by Crippen LogP contribution is -2.38. The van der Waals surface area contributed by atoms with Gasteiger partial charge in [-0.2, -0.15) is 5.10 Å². The minimum Gasteiger partial charge on any atom is -0.393 e. The minimum absolute atomic E-state index is 0.219. The Morgan fingerprint density at radius 3 is 2.79 bits per heavy atom. The number of aliphatic hydroxyl groups excluding tert-OH is 1. The Morgan fingerprint density at radius 1 is 1.42 bits per heavy atom. The van der Waals surface area contributed by atoms with Crippen LogP contribution >= 0.6 is 0 Å².